The van der Waals surface area contributed by atoms with Gasteiger partial charge in [-0.15, -0.1) is 11.8 Å². The Morgan fingerprint density at radius 3 is 2.83 bits per heavy atom. The molecule has 0 unspecified atom stereocenters. The van der Waals surface area contributed by atoms with Crippen molar-refractivity contribution in [3.05, 3.63) is 53.2 Å². The molecule has 2 aromatic rings. The number of fused-ring (bicyclic) bond motifs is 3. The first-order valence-corrected chi connectivity index (χ1v) is 9.12. The van der Waals surface area contributed by atoms with Crippen LogP contribution in [0.25, 0.3) is 17.2 Å². The largest absolute Gasteiger partial charge is 0.464 e. The van der Waals surface area contributed by atoms with Crippen LogP contribution in [-0.2, 0) is 0 Å². The Labute approximate surface area is 147 Å². The van der Waals surface area contributed by atoms with Crippen LogP contribution in [0.1, 0.15) is 12.5 Å². The predicted octanol–water partition coefficient (Wildman–Crippen LogP) is 5.41. The van der Waals surface area contributed by atoms with Crippen molar-refractivity contribution in [1.82, 2.24) is 4.90 Å². The summed E-state index contributed by atoms with van der Waals surface area (Å²) < 4.78 is 5.70. The number of rotatable bonds is 5. The third-order valence-corrected chi connectivity index (χ3v) is 5.19. The van der Waals surface area contributed by atoms with Crippen LogP contribution in [0.4, 0.5) is 0 Å². The maximum absolute atomic E-state index is 6.09. The molecule has 4 heteroatoms. The van der Waals surface area contributed by atoms with Crippen molar-refractivity contribution >= 4 is 29.4 Å². The summed E-state index contributed by atoms with van der Waals surface area (Å²) in [5.41, 5.74) is 3.45. The zero-order valence-corrected chi connectivity index (χ0v) is 15.0. The fourth-order valence-corrected chi connectivity index (χ4v) is 3.64. The van der Waals surface area contributed by atoms with E-state index in [0.29, 0.717) is 5.02 Å². The average Bonchev–Trinajstić information content (AvgIpc) is 2.73. The van der Waals surface area contributed by atoms with E-state index in [1.54, 1.807) is 6.26 Å². The monoisotopic (exact) mass is 345 g/mol. The smallest absolute Gasteiger partial charge is 0.135 e. The summed E-state index contributed by atoms with van der Waals surface area (Å²) in [7, 11) is 2.15. The SMILES string of the molecule is CCN(C)CCSc1ccc2c(c1)-c1ccc(Cl)cc1OC=C2. The van der Waals surface area contributed by atoms with Gasteiger partial charge in [-0.25, -0.2) is 0 Å². The van der Waals surface area contributed by atoms with Gasteiger partial charge >= 0.3 is 0 Å². The van der Waals surface area contributed by atoms with Crippen LogP contribution in [0.15, 0.2) is 47.6 Å². The first-order valence-electron chi connectivity index (χ1n) is 7.76. The van der Waals surface area contributed by atoms with Gasteiger partial charge in [-0.3, -0.25) is 0 Å². The second kappa shape index (κ2) is 7.43. The molecule has 23 heavy (non-hydrogen) atoms. The number of benzene rings is 2. The Hall–Kier alpha value is -1.42. The van der Waals surface area contributed by atoms with Crippen LogP contribution < -0.4 is 4.74 Å². The molecule has 1 aliphatic heterocycles. The number of hydrogen-bond acceptors (Lipinski definition) is 3. The molecule has 0 amide bonds. The van der Waals surface area contributed by atoms with Gasteiger partial charge in [0.1, 0.15) is 5.75 Å². The molecule has 0 spiro atoms. The fraction of sp³-hybridized carbons (Fsp3) is 0.263. The quantitative estimate of drug-likeness (QED) is 0.672. The van der Waals surface area contributed by atoms with Crippen molar-refractivity contribution < 1.29 is 4.74 Å². The summed E-state index contributed by atoms with van der Waals surface area (Å²) in [4.78, 5) is 3.61. The summed E-state index contributed by atoms with van der Waals surface area (Å²) in [6, 6.07) is 12.4. The number of hydrogen-bond donors (Lipinski definition) is 0. The van der Waals surface area contributed by atoms with Crippen LogP contribution in [0.5, 0.6) is 5.75 Å². The maximum Gasteiger partial charge on any atom is 0.135 e. The van der Waals surface area contributed by atoms with Crippen molar-refractivity contribution in [3.63, 3.8) is 0 Å². The maximum atomic E-state index is 6.09. The van der Waals surface area contributed by atoms with Crippen molar-refractivity contribution in [1.29, 1.82) is 0 Å². The average molecular weight is 346 g/mol. The number of halogens is 1. The highest BCUT2D eigenvalue weighted by atomic mass is 35.5. The number of nitrogens with zero attached hydrogens (tertiary/aromatic N) is 1. The summed E-state index contributed by atoms with van der Waals surface area (Å²) in [6.45, 7) is 4.36. The topological polar surface area (TPSA) is 12.5 Å². The van der Waals surface area contributed by atoms with Gasteiger partial charge in [-0.05, 0) is 55.1 Å². The van der Waals surface area contributed by atoms with Crippen molar-refractivity contribution in [3.8, 4) is 16.9 Å². The summed E-state index contributed by atoms with van der Waals surface area (Å²) in [5, 5.41) is 0.689. The van der Waals surface area contributed by atoms with Crippen LogP contribution in [0.3, 0.4) is 0 Å². The molecule has 0 saturated carbocycles. The van der Waals surface area contributed by atoms with Gasteiger partial charge in [0.15, 0.2) is 0 Å². The van der Waals surface area contributed by atoms with E-state index in [0.717, 1.165) is 30.2 Å². The van der Waals surface area contributed by atoms with E-state index >= 15 is 0 Å². The van der Waals surface area contributed by atoms with Crippen LogP contribution in [-0.4, -0.2) is 30.8 Å². The van der Waals surface area contributed by atoms with Crippen LogP contribution in [0, 0.1) is 0 Å². The van der Waals surface area contributed by atoms with Gasteiger partial charge in [0.25, 0.3) is 0 Å². The first-order chi connectivity index (χ1) is 11.2. The van der Waals surface area contributed by atoms with Gasteiger partial charge in [-0.1, -0.05) is 24.6 Å². The van der Waals surface area contributed by atoms with Gasteiger partial charge in [0.05, 0.1) is 6.26 Å². The predicted molar refractivity (Wildman–Crippen MR) is 100 cm³/mol. The van der Waals surface area contributed by atoms with Crippen molar-refractivity contribution in [2.24, 2.45) is 0 Å². The minimum Gasteiger partial charge on any atom is -0.464 e. The molecular weight excluding hydrogens is 326 g/mol. The molecular formula is C19H20ClNOS. The normalized spacial score (nSPS) is 12.5. The molecule has 0 atom stereocenters. The molecule has 0 aliphatic carbocycles. The van der Waals surface area contributed by atoms with Gasteiger partial charge in [-0.2, -0.15) is 0 Å². The first kappa shape index (κ1) is 16.4. The zero-order chi connectivity index (χ0) is 16.2. The van der Waals surface area contributed by atoms with Gasteiger partial charge < -0.3 is 9.64 Å². The van der Waals surface area contributed by atoms with Gasteiger partial charge in [0.2, 0.25) is 0 Å². The van der Waals surface area contributed by atoms with Crippen LogP contribution >= 0.6 is 23.4 Å². The highest BCUT2D eigenvalue weighted by Crippen LogP contribution is 2.39. The molecule has 0 N–H and O–H groups in total. The molecule has 3 rings (SSSR count). The van der Waals surface area contributed by atoms with E-state index in [-0.39, 0.29) is 0 Å². The molecule has 0 bridgehead atoms. The summed E-state index contributed by atoms with van der Waals surface area (Å²) in [6.07, 6.45) is 3.73. The summed E-state index contributed by atoms with van der Waals surface area (Å²) >= 11 is 7.98. The Morgan fingerprint density at radius 1 is 1.13 bits per heavy atom. The summed E-state index contributed by atoms with van der Waals surface area (Å²) in [5.74, 6) is 1.89. The molecule has 1 aliphatic rings. The lowest BCUT2D eigenvalue weighted by Gasteiger charge is -2.14. The molecule has 120 valence electrons. The molecule has 2 nitrogen and oxygen atoms in total. The van der Waals surface area contributed by atoms with E-state index in [1.165, 1.54) is 16.0 Å². The lowest BCUT2D eigenvalue weighted by Crippen LogP contribution is -2.20. The third-order valence-electron chi connectivity index (χ3n) is 3.98. The highest BCUT2D eigenvalue weighted by Gasteiger charge is 2.14. The fourth-order valence-electron chi connectivity index (χ4n) is 2.48. The van der Waals surface area contributed by atoms with E-state index in [4.69, 9.17) is 16.3 Å². The Balaban J connectivity index is 1.87. The second-order valence-corrected chi connectivity index (χ2v) is 7.16. The van der Waals surface area contributed by atoms with Crippen molar-refractivity contribution in [2.45, 2.75) is 11.8 Å². The Bertz CT molecular complexity index is 729. The van der Waals surface area contributed by atoms with E-state index in [1.807, 2.05) is 36.0 Å². The lowest BCUT2D eigenvalue weighted by molar-refractivity contribution is 0.376. The van der Waals surface area contributed by atoms with E-state index < -0.39 is 0 Å². The van der Waals surface area contributed by atoms with Crippen LogP contribution in [0.2, 0.25) is 5.02 Å². The Morgan fingerprint density at radius 2 is 2.00 bits per heavy atom. The minimum absolute atomic E-state index is 0.689. The number of ether oxygens (including phenoxy) is 1. The molecule has 2 aromatic carbocycles. The number of thioether (sulfide) groups is 1. The van der Waals surface area contributed by atoms with Crippen molar-refractivity contribution in [2.75, 3.05) is 25.9 Å². The molecule has 0 aromatic heterocycles. The molecule has 0 fully saturated rings. The minimum atomic E-state index is 0.689. The molecule has 0 saturated heterocycles. The molecule has 0 radical (unpaired) electrons. The van der Waals surface area contributed by atoms with E-state index in [2.05, 4.69) is 37.1 Å². The zero-order valence-electron chi connectivity index (χ0n) is 13.4. The highest BCUT2D eigenvalue weighted by molar-refractivity contribution is 7.99. The standard InChI is InChI=1S/C19H20ClNOS/c1-3-21(2)9-11-23-16-6-4-14-8-10-22-19-12-15(20)5-7-17(19)18(14)13-16/h4-8,10,12-13H,3,9,11H2,1-2H3. The lowest BCUT2D eigenvalue weighted by atomic mass is 9.99. The van der Waals surface area contributed by atoms with Gasteiger partial charge in [0, 0.05) is 33.8 Å². The Kier molecular flexibility index (Phi) is 5.31. The van der Waals surface area contributed by atoms with E-state index in [9.17, 15) is 0 Å². The second-order valence-electron chi connectivity index (χ2n) is 5.55. The molecule has 1 heterocycles. The third kappa shape index (κ3) is 3.92.